The molecule has 0 unspecified atom stereocenters. The minimum absolute atomic E-state index is 0.204. The van der Waals surface area contributed by atoms with Gasteiger partial charge in [0.2, 0.25) is 5.91 Å². The van der Waals surface area contributed by atoms with Crippen LogP contribution in [0.4, 0.5) is 4.79 Å². The van der Waals surface area contributed by atoms with Crippen LogP contribution in [-0.4, -0.2) is 52.2 Å². The van der Waals surface area contributed by atoms with E-state index in [0.29, 0.717) is 10.6 Å². The molecule has 3 N–H and O–H groups in total. The number of hydrogen-bond donors (Lipinski definition) is 3. The van der Waals surface area contributed by atoms with E-state index in [1.54, 1.807) is 12.1 Å². The molecule has 2 aromatic carbocycles. The largest absolute Gasteiger partial charge is 0.481 e. The predicted molar refractivity (Wildman–Crippen MR) is 110 cm³/mol. The van der Waals surface area contributed by atoms with Crippen molar-refractivity contribution in [2.75, 3.05) is 7.05 Å². The van der Waals surface area contributed by atoms with Gasteiger partial charge >= 0.3 is 12.1 Å². The van der Waals surface area contributed by atoms with Crippen molar-refractivity contribution in [3.63, 3.8) is 0 Å². The molecule has 0 heterocycles. The van der Waals surface area contributed by atoms with Crippen molar-refractivity contribution in [3.8, 4) is 11.1 Å². The van der Waals surface area contributed by atoms with Gasteiger partial charge < -0.3 is 15.5 Å². The fraction of sp³-hybridized carbons (Fsp3) is 0.286. The first-order valence-corrected chi connectivity index (χ1v) is 9.38. The summed E-state index contributed by atoms with van der Waals surface area (Å²) >= 11 is 6.40. The highest BCUT2D eigenvalue weighted by atomic mass is 35.5. The number of carbonyl (C=O) groups is 3. The van der Waals surface area contributed by atoms with Crippen molar-refractivity contribution in [1.82, 2.24) is 10.2 Å². The Bertz CT molecular complexity index is 888. The average molecular weight is 419 g/mol. The van der Waals surface area contributed by atoms with Gasteiger partial charge in [-0.15, -0.1) is 0 Å². The number of nitrogens with one attached hydrogen (secondary N) is 1. The van der Waals surface area contributed by atoms with E-state index in [2.05, 4.69) is 5.32 Å². The number of benzene rings is 2. The molecule has 0 bridgehead atoms. The average Bonchev–Trinajstić information content (AvgIpc) is 2.68. The molecule has 0 aliphatic carbocycles. The third kappa shape index (κ3) is 6.22. The maximum Gasteiger partial charge on any atom is 0.407 e. The second-order valence-electron chi connectivity index (χ2n) is 6.75. The van der Waals surface area contributed by atoms with Crippen molar-refractivity contribution in [2.24, 2.45) is 0 Å². The fourth-order valence-corrected chi connectivity index (χ4v) is 3.09. The zero-order chi connectivity index (χ0) is 21.6. The lowest BCUT2D eigenvalue weighted by Crippen LogP contribution is -2.49. The molecule has 2 atom stereocenters. The second-order valence-corrected chi connectivity index (χ2v) is 7.16. The quantitative estimate of drug-likeness (QED) is 0.608. The van der Waals surface area contributed by atoms with Crippen LogP contribution in [0.15, 0.2) is 48.5 Å². The minimum atomic E-state index is -1.25. The smallest absolute Gasteiger partial charge is 0.407 e. The van der Waals surface area contributed by atoms with E-state index in [9.17, 15) is 19.5 Å². The van der Waals surface area contributed by atoms with E-state index in [1.165, 1.54) is 14.0 Å². The van der Waals surface area contributed by atoms with E-state index in [4.69, 9.17) is 16.7 Å². The van der Waals surface area contributed by atoms with Crippen LogP contribution in [0.1, 0.15) is 18.9 Å². The topological polar surface area (TPSA) is 107 Å². The number of hydrogen-bond acceptors (Lipinski definition) is 3. The number of aliphatic carboxylic acids is 1. The number of carbonyl (C=O) groups excluding carboxylic acids is 1. The summed E-state index contributed by atoms with van der Waals surface area (Å²) in [4.78, 5) is 35.5. The van der Waals surface area contributed by atoms with Gasteiger partial charge in [-0.3, -0.25) is 14.5 Å². The molecular weight excluding hydrogens is 396 g/mol. The number of rotatable bonds is 8. The van der Waals surface area contributed by atoms with Gasteiger partial charge in [-0.05, 0) is 36.1 Å². The molecule has 2 aromatic rings. The Morgan fingerprint density at radius 3 is 2.28 bits per heavy atom. The molecule has 29 heavy (non-hydrogen) atoms. The van der Waals surface area contributed by atoms with Gasteiger partial charge in [0.1, 0.15) is 6.04 Å². The summed E-state index contributed by atoms with van der Waals surface area (Å²) < 4.78 is 0. The summed E-state index contributed by atoms with van der Waals surface area (Å²) in [6.45, 7) is 1.43. The number of nitrogens with zero attached hydrogens (tertiary/aromatic N) is 1. The number of carboxylic acids is 1. The van der Waals surface area contributed by atoms with Gasteiger partial charge in [0.15, 0.2) is 0 Å². The van der Waals surface area contributed by atoms with Crippen LogP contribution in [0.3, 0.4) is 0 Å². The van der Waals surface area contributed by atoms with E-state index in [0.717, 1.165) is 16.0 Å². The van der Waals surface area contributed by atoms with Crippen LogP contribution in [-0.2, 0) is 16.0 Å². The summed E-state index contributed by atoms with van der Waals surface area (Å²) in [7, 11) is 1.28. The van der Waals surface area contributed by atoms with Crippen molar-refractivity contribution >= 4 is 29.6 Å². The Kier molecular flexibility index (Phi) is 7.61. The Balaban J connectivity index is 2.16. The van der Waals surface area contributed by atoms with Gasteiger partial charge in [0, 0.05) is 18.1 Å². The lowest BCUT2D eigenvalue weighted by atomic mass is 9.99. The van der Waals surface area contributed by atoms with Crippen molar-refractivity contribution in [3.05, 3.63) is 59.1 Å². The van der Waals surface area contributed by atoms with Gasteiger partial charge in [0.25, 0.3) is 0 Å². The summed E-state index contributed by atoms with van der Waals surface area (Å²) in [6.07, 6.45) is -1.36. The van der Waals surface area contributed by atoms with Crippen molar-refractivity contribution < 1.29 is 24.6 Å². The Hall–Kier alpha value is -3.06. The first-order chi connectivity index (χ1) is 13.7. The van der Waals surface area contributed by atoms with Gasteiger partial charge in [-0.25, -0.2) is 4.79 Å². The highest BCUT2D eigenvalue weighted by Gasteiger charge is 2.25. The summed E-state index contributed by atoms with van der Waals surface area (Å²) in [5.74, 6) is -1.65. The van der Waals surface area contributed by atoms with Gasteiger partial charge in [0.05, 0.1) is 6.42 Å². The number of likely N-dealkylation sites (N-methyl/N-ethyl adjacent to an activating group) is 1. The third-order valence-corrected chi connectivity index (χ3v) is 5.01. The van der Waals surface area contributed by atoms with E-state index < -0.39 is 30.1 Å². The van der Waals surface area contributed by atoms with Crippen LogP contribution < -0.4 is 5.32 Å². The fourth-order valence-electron chi connectivity index (χ4n) is 2.84. The molecule has 2 rings (SSSR count). The molecule has 2 amide bonds. The van der Waals surface area contributed by atoms with Crippen LogP contribution in [0.25, 0.3) is 11.1 Å². The number of amides is 2. The van der Waals surface area contributed by atoms with Crippen molar-refractivity contribution in [2.45, 2.75) is 31.8 Å². The SMILES string of the molecule is C[C@@H](C(=O)N[C@@H](CC(=O)O)Cc1ccc(-c2ccccc2)cc1Cl)N(C)C(=O)O. The maximum absolute atomic E-state index is 12.4. The molecule has 0 aliphatic rings. The van der Waals surface area contributed by atoms with Crippen LogP contribution in [0, 0.1) is 0 Å². The Labute approximate surface area is 173 Å². The molecule has 7 nitrogen and oxygen atoms in total. The molecule has 0 saturated carbocycles. The van der Waals surface area contributed by atoms with E-state index >= 15 is 0 Å². The molecule has 154 valence electrons. The van der Waals surface area contributed by atoms with Crippen LogP contribution >= 0.6 is 11.6 Å². The zero-order valence-electron chi connectivity index (χ0n) is 16.1. The molecule has 0 aromatic heterocycles. The normalized spacial score (nSPS) is 12.7. The van der Waals surface area contributed by atoms with E-state index in [1.807, 2.05) is 36.4 Å². The van der Waals surface area contributed by atoms with Crippen LogP contribution in [0.5, 0.6) is 0 Å². The van der Waals surface area contributed by atoms with E-state index in [-0.39, 0.29) is 12.8 Å². The molecule has 0 aliphatic heterocycles. The lowest BCUT2D eigenvalue weighted by Gasteiger charge is -2.24. The molecule has 0 radical (unpaired) electrons. The second kappa shape index (κ2) is 9.93. The highest BCUT2D eigenvalue weighted by molar-refractivity contribution is 6.31. The lowest BCUT2D eigenvalue weighted by molar-refractivity contribution is -0.137. The Morgan fingerprint density at radius 1 is 1.07 bits per heavy atom. The third-order valence-electron chi connectivity index (χ3n) is 4.66. The molecule has 0 spiro atoms. The molecule has 8 heteroatoms. The van der Waals surface area contributed by atoms with Gasteiger partial charge in [-0.1, -0.05) is 54.1 Å². The zero-order valence-corrected chi connectivity index (χ0v) is 16.9. The molecular formula is C21H23ClN2O5. The highest BCUT2D eigenvalue weighted by Crippen LogP contribution is 2.26. The monoisotopic (exact) mass is 418 g/mol. The molecule has 0 saturated heterocycles. The number of carboxylic acid groups (broad SMARTS) is 2. The maximum atomic E-state index is 12.4. The first kappa shape index (κ1) is 22.2. The summed E-state index contributed by atoms with van der Waals surface area (Å²) in [6, 6.07) is 13.5. The van der Waals surface area contributed by atoms with Crippen molar-refractivity contribution in [1.29, 1.82) is 0 Å². The summed E-state index contributed by atoms with van der Waals surface area (Å²) in [5.41, 5.74) is 2.62. The minimum Gasteiger partial charge on any atom is -0.481 e. The van der Waals surface area contributed by atoms with Crippen LogP contribution in [0.2, 0.25) is 5.02 Å². The predicted octanol–water partition coefficient (Wildman–Crippen LogP) is 3.51. The first-order valence-electron chi connectivity index (χ1n) is 9.00. The standard InChI is InChI=1S/C21H23ClN2O5/c1-13(24(2)21(28)29)20(27)23-17(12-19(25)26)10-16-9-8-15(11-18(16)22)14-6-4-3-5-7-14/h3-9,11,13,17H,10,12H2,1-2H3,(H,23,27)(H,25,26)(H,28,29)/t13-,17+/m0/s1. The molecule has 0 fully saturated rings. The Morgan fingerprint density at radius 2 is 1.72 bits per heavy atom. The number of halogens is 1. The van der Waals surface area contributed by atoms with Gasteiger partial charge in [-0.2, -0.15) is 0 Å². The summed E-state index contributed by atoms with van der Waals surface area (Å²) in [5, 5.41) is 21.3.